The molecule has 64 valence electrons. The Balaban J connectivity index is 2.43. The van der Waals surface area contributed by atoms with E-state index in [0.29, 0.717) is 6.04 Å². The fourth-order valence-corrected chi connectivity index (χ4v) is 2.01. The van der Waals surface area contributed by atoms with E-state index in [4.69, 9.17) is 0 Å². The summed E-state index contributed by atoms with van der Waals surface area (Å²) >= 11 is 2.30. The fourth-order valence-electron chi connectivity index (χ4n) is 1.27. The molecule has 0 saturated carbocycles. The van der Waals surface area contributed by atoms with Crippen LogP contribution in [0.2, 0.25) is 0 Å². The molecule has 0 spiro atoms. The molecule has 0 aromatic heterocycles. The van der Waals surface area contributed by atoms with Gasteiger partial charge in [-0.1, -0.05) is 0 Å². The third-order valence-corrected chi connectivity index (χ3v) is 3.03. The van der Waals surface area contributed by atoms with Crippen LogP contribution in [-0.2, 0) is 4.79 Å². The molecule has 1 atom stereocenters. The summed E-state index contributed by atoms with van der Waals surface area (Å²) in [7, 11) is 1.88. The van der Waals surface area contributed by atoms with Crippen molar-refractivity contribution in [1.82, 2.24) is 8.01 Å². The highest BCUT2D eigenvalue weighted by molar-refractivity contribution is 14.1. The Morgan fingerprint density at radius 1 is 1.73 bits per heavy atom. The number of hydrogen-bond acceptors (Lipinski definition) is 2. The first-order valence-corrected chi connectivity index (χ1v) is 4.72. The molecule has 1 amide bonds. The molecule has 1 saturated heterocycles. The quantitative estimate of drug-likeness (QED) is 0.521. The highest BCUT2D eigenvalue weighted by Gasteiger charge is 2.25. The molecule has 3 nitrogen and oxygen atoms in total. The SMILES string of the molecule is CC(=O)N(C)[C@@H]1CCN(I)C1. The summed E-state index contributed by atoms with van der Waals surface area (Å²) in [5.41, 5.74) is 0. The molecule has 0 radical (unpaired) electrons. The summed E-state index contributed by atoms with van der Waals surface area (Å²) in [6.45, 7) is 3.73. The molecule has 1 aliphatic rings. The molecule has 1 heterocycles. The largest absolute Gasteiger partial charge is 0.342 e. The first-order chi connectivity index (χ1) is 5.11. The van der Waals surface area contributed by atoms with Crippen LogP contribution in [0.25, 0.3) is 0 Å². The molecule has 0 aromatic rings. The highest BCUT2D eigenvalue weighted by Crippen LogP contribution is 2.17. The van der Waals surface area contributed by atoms with Crippen LogP contribution in [-0.4, -0.2) is 40.1 Å². The molecular weight excluding hydrogens is 255 g/mol. The molecule has 1 rings (SSSR count). The summed E-state index contributed by atoms with van der Waals surface area (Å²) in [6.07, 6.45) is 1.11. The Bertz CT molecular complexity index is 163. The van der Waals surface area contributed by atoms with Crippen molar-refractivity contribution in [1.29, 1.82) is 0 Å². The first-order valence-electron chi connectivity index (χ1n) is 3.75. The average Bonchev–Trinajstić information content (AvgIpc) is 2.34. The minimum Gasteiger partial charge on any atom is -0.342 e. The molecule has 1 aliphatic heterocycles. The van der Waals surface area contributed by atoms with Crippen molar-refractivity contribution in [2.24, 2.45) is 0 Å². The number of amides is 1. The van der Waals surface area contributed by atoms with E-state index in [1.54, 1.807) is 6.92 Å². The molecule has 0 bridgehead atoms. The second-order valence-electron chi connectivity index (χ2n) is 2.94. The maximum atomic E-state index is 10.9. The van der Waals surface area contributed by atoms with Crippen molar-refractivity contribution < 1.29 is 4.79 Å². The van der Waals surface area contributed by atoms with Gasteiger partial charge in [-0.05, 0) is 6.42 Å². The number of carbonyl (C=O) groups is 1. The molecule has 1 fully saturated rings. The monoisotopic (exact) mass is 268 g/mol. The number of likely N-dealkylation sites (N-methyl/N-ethyl adjacent to an activating group) is 1. The van der Waals surface area contributed by atoms with Crippen LogP contribution < -0.4 is 0 Å². The standard InChI is InChI=1S/C7H13IN2O/c1-6(11)9(2)7-3-4-10(8)5-7/h7H,3-5H2,1-2H3/t7-/m1/s1. The number of nitrogens with zero attached hydrogens (tertiary/aromatic N) is 2. The van der Waals surface area contributed by atoms with Gasteiger partial charge in [0.2, 0.25) is 5.91 Å². The van der Waals surface area contributed by atoms with Crippen LogP contribution in [0, 0.1) is 0 Å². The summed E-state index contributed by atoms with van der Waals surface area (Å²) < 4.78 is 2.22. The van der Waals surface area contributed by atoms with E-state index in [-0.39, 0.29) is 5.91 Å². The van der Waals surface area contributed by atoms with Crippen molar-refractivity contribution in [2.75, 3.05) is 20.1 Å². The lowest BCUT2D eigenvalue weighted by molar-refractivity contribution is -0.129. The normalized spacial score (nSPS) is 25.5. The Morgan fingerprint density at radius 2 is 2.36 bits per heavy atom. The van der Waals surface area contributed by atoms with Crippen molar-refractivity contribution in [2.45, 2.75) is 19.4 Å². The molecule has 0 N–H and O–H groups in total. The summed E-state index contributed by atoms with van der Waals surface area (Å²) in [5.74, 6) is 0.168. The Kier molecular flexibility index (Phi) is 3.12. The maximum Gasteiger partial charge on any atom is 0.219 e. The fraction of sp³-hybridized carbons (Fsp3) is 0.857. The van der Waals surface area contributed by atoms with Crippen molar-refractivity contribution >= 4 is 28.8 Å². The van der Waals surface area contributed by atoms with Gasteiger partial charge in [0.05, 0.1) is 0 Å². The second kappa shape index (κ2) is 3.71. The van der Waals surface area contributed by atoms with Crippen molar-refractivity contribution in [3.8, 4) is 0 Å². The third kappa shape index (κ3) is 2.30. The van der Waals surface area contributed by atoms with E-state index < -0.39 is 0 Å². The first kappa shape index (κ1) is 9.25. The molecule has 4 heteroatoms. The van der Waals surface area contributed by atoms with E-state index >= 15 is 0 Å². The van der Waals surface area contributed by atoms with E-state index in [2.05, 4.69) is 26.0 Å². The third-order valence-electron chi connectivity index (χ3n) is 2.16. The number of carbonyl (C=O) groups excluding carboxylic acids is 1. The zero-order valence-electron chi connectivity index (χ0n) is 6.88. The maximum absolute atomic E-state index is 10.9. The Labute approximate surface area is 81.2 Å². The van der Waals surface area contributed by atoms with Gasteiger partial charge in [0, 0.05) is 56.0 Å². The van der Waals surface area contributed by atoms with Gasteiger partial charge in [-0.2, -0.15) is 0 Å². The van der Waals surface area contributed by atoms with Crippen molar-refractivity contribution in [3.63, 3.8) is 0 Å². The highest BCUT2D eigenvalue weighted by atomic mass is 127. The van der Waals surface area contributed by atoms with Gasteiger partial charge in [0.25, 0.3) is 0 Å². The predicted octanol–water partition coefficient (Wildman–Crippen LogP) is 0.889. The average molecular weight is 268 g/mol. The van der Waals surface area contributed by atoms with Gasteiger partial charge >= 0.3 is 0 Å². The van der Waals surface area contributed by atoms with E-state index in [1.165, 1.54) is 0 Å². The van der Waals surface area contributed by atoms with Gasteiger partial charge < -0.3 is 4.90 Å². The van der Waals surface area contributed by atoms with Gasteiger partial charge in [0.1, 0.15) is 0 Å². The molecular formula is C7H13IN2O. The number of hydrogen-bond donors (Lipinski definition) is 0. The lowest BCUT2D eigenvalue weighted by Gasteiger charge is -2.22. The van der Waals surface area contributed by atoms with Crippen LogP contribution in [0.15, 0.2) is 0 Å². The second-order valence-corrected chi connectivity index (χ2v) is 4.31. The van der Waals surface area contributed by atoms with E-state index in [0.717, 1.165) is 19.5 Å². The van der Waals surface area contributed by atoms with Crippen molar-refractivity contribution in [3.05, 3.63) is 0 Å². The zero-order valence-corrected chi connectivity index (χ0v) is 9.04. The Hall–Kier alpha value is 0.160. The van der Waals surface area contributed by atoms with Crippen LogP contribution in [0.5, 0.6) is 0 Å². The lowest BCUT2D eigenvalue weighted by atomic mass is 10.2. The molecule has 0 unspecified atom stereocenters. The zero-order chi connectivity index (χ0) is 8.43. The smallest absolute Gasteiger partial charge is 0.219 e. The van der Waals surface area contributed by atoms with Crippen LogP contribution in [0.1, 0.15) is 13.3 Å². The van der Waals surface area contributed by atoms with Gasteiger partial charge in [-0.25, -0.2) is 3.11 Å². The number of halogens is 1. The number of rotatable bonds is 1. The van der Waals surface area contributed by atoms with E-state index in [1.807, 2.05) is 11.9 Å². The van der Waals surface area contributed by atoms with Crippen LogP contribution in [0.4, 0.5) is 0 Å². The van der Waals surface area contributed by atoms with Gasteiger partial charge in [-0.3, -0.25) is 4.79 Å². The summed E-state index contributed by atoms with van der Waals surface area (Å²) in [6, 6.07) is 0.435. The topological polar surface area (TPSA) is 23.6 Å². The Morgan fingerprint density at radius 3 is 2.73 bits per heavy atom. The van der Waals surface area contributed by atoms with Crippen LogP contribution in [0.3, 0.4) is 0 Å². The molecule has 11 heavy (non-hydrogen) atoms. The summed E-state index contributed by atoms with van der Waals surface area (Å²) in [4.78, 5) is 12.8. The van der Waals surface area contributed by atoms with Gasteiger partial charge in [0.15, 0.2) is 0 Å². The van der Waals surface area contributed by atoms with Crippen LogP contribution >= 0.6 is 22.9 Å². The lowest BCUT2D eigenvalue weighted by Crippen LogP contribution is -2.36. The molecule has 0 aliphatic carbocycles. The van der Waals surface area contributed by atoms with E-state index in [9.17, 15) is 4.79 Å². The minimum absolute atomic E-state index is 0.168. The predicted molar refractivity (Wildman–Crippen MR) is 52.4 cm³/mol. The minimum atomic E-state index is 0.168. The summed E-state index contributed by atoms with van der Waals surface area (Å²) in [5, 5.41) is 0. The van der Waals surface area contributed by atoms with Gasteiger partial charge in [-0.15, -0.1) is 0 Å². The molecule has 0 aromatic carbocycles.